The topological polar surface area (TPSA) is 74.8 Å². The van der Waals surface area contributed by atoms with Crippen LogP contribution in [0.1, 0.15) is 5.69 Å². The zero-order chi connectivity index (χ0) is 13.2. The summed E-state index contributed by atoms with van der Waals surface area (Å²) in [6.45, 7) is 0.155. The Balaban J connectivity index is 2.17. The number of imidazole rings is 1. The van der Waals surface area contributed by atoms with E-state index >= 15 is 0 Å². The first-order valence-electron chi connectivity index (χ1n) is 4.91. The summed E-state index contributed by atoms with van der Waals surface area (Å²) >= 11 is 9.00. The second-order valence-electron chi connectivity index (χ2n) is 3.48. The molecule has 0 aliphatic carbocycles. The van der Waals surface area contributed by atoms with Crippen LogP contribution < -0.4 is 4.72 Å². The van der Waals surface area contributed by atoms with Crippen LogP contribution in [-0.4, -0.2) is 18.4 Å². The highest BCUT2D eigenvalue weighted by Gasteiger charge is 2.15. The molecule has 0 saturated carbocycles. The van der Waals surface area contributed by atoms with Gasteiger partial charge in [0, 0.05) is 16.4 Å². The fourth-order valence-electron chi connectivity index (χ4n) is 1.28. The molecular formula is C10H9BrClN3O2S. The highest BCUT2D eigenvalue weighted by molar-refractivity contribution is 9.10. The Morgan fingerprint density at radius 1 is 1.44 bits per heavy atom. The molecule has 2 N–H and O–H groups in total. The molecule has 0 aliphatic heterocycles. The second kappa shape index (κ2) is 5.40. The van der Waals surface area contributed by atoms with E-state index in [0.29, 0.717) is 15.2 Å². The van der Waals surface area contributed by atoms with Crippen molar-refractivity contribution in [2.24, 2.45) is 0 Å². The summed E-state index contributed by atoms with van der Waals surface area (Å²) in [6.07, 6.45) is 3.04. The largest absolute Gasteiger partial charge is 0.347 e. The van der Waals surface area contributed by atoms with Crippen molar-refractivity contribution >= 4 is 37.6 Å². The fourth-order valence-corrected chi connectivity index (χ4v) is 2.96. The van der Waals surface area contributed by atoms with Crippen molar-refractivity contribution < 1.29 is 8.42 Å². The fraction of sp³-hybridized carbons (Fsp3) is 0.100. The van der Waals surface area contributed by atoms with E-state index in [1.165, 1.54) is 24.5 Å². The molecule has 0 amide bonds. The van der Waals surface area contributed by atoms with Gasteiger partial charge >= 0.3 is 0 Å². The van der Waals surface area contributed by atoms with Gasteiger partial charge in [0.2, 0.25) is 10.0 Å². The summed E-state index contributed by atoms with van der Waals surface area (Å²) < 4.78 is 27.0. The molecule has 96 valence electrons. The third kappa shape index (κ3) is 3.11. The van der Waals surface area contributed by atoms with Gasteiger partial charge in [-0.25, -0.2) is 18.1 Å². The predicted octanol–water partition coefficient (Wildman–Crippen LogP) is 2.30. The monoisotopic (exact) mass is 349 g/mol. The van der Waals surface area contributed by atoms with Gasteiger partial charge in [-0.1, -0.05) is 11.6 Å². The Kier molecular flexibility index (Phi) is 4.06. The van der Waals surface area contributed by atoms with Crippen LogP contribution in [0.2, 0.25) is 5.02 Å². The predicted molar refractivity (Wildman–Crippen MR) is 71.8 cm³/mol. The molecule has 1 aromatic carbocycles. The second-order valence-corrected chi connectivity index (χ2v) is 6.51. The third-order valence-corrected chi connectivity index (χ3v) is 4.82. The molecule has 0 unspecified atom stereocenters. The average Bonchev–Trinajstić information content (AvgIpc) is 2.83. The molecule has 0 aliphatic rings. The zero-order valence-electron chi connectivity index (χ0n) is 9.02. The van der Waals surface area contributed by atoms with Crippen LogP contribution in [0.15, 0.2) is 40.1 Å². The van der Waals surface area contributed by atoms with Crippen molar-refractivity contribution in [2.45, 2.75) is 11.4 Å². The van der Waals surface area contributed by atoms with Gasteiger partial charge in [-0.2, -0.15) is 0 Å². The lowest BCUT2D eigenvalue weighted by Gasteiger charge is -2.06. The van der Waals surface area contributed by atoms with Gasteiger partial charge in [-0.15, -0.1) is 0 Å². The summed E-state index contributed by atoms with van der Waals surface area (Å²) in [5.74, 6) is 0. The lowest BCUT2D eigenvalue weighted by atomic mass is 10.4. The van der Waals surface area contributed by atoms with Crippen molar-refractivity contribution in [1.82, 2.24) is 14.7 Å². The number of halogens is 2. The number of hydrogen-bond acceptors (Lipinski definition) is 3. The first-order chi connectivity index (χ1) is 8.49. The number of nitrogens with one attached hydrogen (secondary N) is 2. The number of aromatic amines is 1. The molecule has 0 radical (unpaired) electrons. The van der Waals surface area contributed by atoms with E-state index in [1.54, 1.807) is 6.20 Å². The quantitative estimate of drug-likeness (QED) is 0.888. The maximum Gasteiger partial charge on any atom is 0.240 e. The highest BCUT2D eigenvalue weighted by atomic mass is 79.9. The van der Waals surface area contributed by atoms with Crippen molar-refractivity contribution in [3.8, 4) is 0 Å². The van der Waals surface area contributed by atoms with E-state index in [1.807, 2.05) is 0 Å². The van der Waals surface area contributed by atoms with Gasteiger partial charge in [0.15, 0.2) is 0 Å². The van der Waals surface area contributed by atoms with Gasteiger partial charge in [-0.05, 0) is 34.1 Å². The first kappa shape index (κ1) is 13.5. The summed E-state index contributed by atoms with van der Waals surface area (Å²) in [6, 6.07) is 4.43. The number of benzene rings is 1. The Hall–Kier alpha value is -0.890. The average molecular weight is 351 g/mol. The molecule has 1 heterocycles. The lowest BCUT2D eigenvalue weighted by Crippen LogP contribution is -2.23. The maximum atomic E-state index is 12.0. The molecule has 0 spiro atoms. The molecule has 0 saturated heterocycles. The van der Waals surface area contributed by atoms with Crippen LogP contribution in [0.25, 0.3) is 0 Å². The van der Waals surface area contributed by atoms with Crippen LogP contribution in [0.5, 0.6) is 0 Å². The van der Waals surface area contributed by atoms with Crippen LogP contribution in [0, 0.1) is 0 Å². The normalized spacial score (nSPS) is 11.7. The molecule has 8 heteroatoms. The maximum absolute atomic E-state index is 12.0. The number of hydrogen-bond donors (Lipinski definition) is 2. The highest BCUT2D eigenvalue weighted by Crippen LogP contribution is 2.25. The zero-order valence-corrected chi connectivity index (χ0v) is 12.2. The van der Waals surface area contributed by atoms with Gasteiger partial charge in [-0.3, -0.25) is 0 Å². The third-order valence-electron chi connectivity index (χ3n) is 2.21. The summed E-state index contributed by atoms with van der Waals surface area (Å²) in [5.41, 5.74) is 0.687. The summed E-state index contributed by atoms with van der Waals surface area (Å²) in [7, 11) is -3.56. The van der Waals surface area contributed by atoms with Crippen molar-refractivity contribution in [3.63, 3.8) is 0 Å². The Labute approximate surface area is 118 Å². The van der Waals surface area contributed by atoms with Crippen LogP contribution >= 0.6 is 27.5 Å². The summed E-state index contributed by atoms with van der Waals surface area (Å²) in [5, 5.41) is 0.461. The van der Waals surface area contributed by atoms with Crippen LogP contribution in [0.4, 0.5) is 0 Å². The Morgan fingerprint density at radius 3 is 2.83 bits per heavy atom. The minimum Gasteiger partial charge on any atom is -0.347 e. The molecule has 0 fully saturated rings. The SMILES string of the molecule is O=S(=O)(NCc1cnc[nH]1)c1ccc(Cl)c(Br)c1. The van der Waals surface area contributed by atoms with E-state index in [4.69, 9.17) is 11.6 Å². The Bertz CT molecular complexity index is 643. The van der Waals surface area contributed by atoms with E-state index in [-0.39, 0.29) is 11.4 Å². The van der Waals surface area contributed by atoms with E-state index in [0.717, 1.165) is 0 Å². The number of rotatable bonds is 4. The lowest BCUT2D eigenvalue weighted by molar-refractivity contribution is 0.580. The molecule has 18 heavy (non-hydrogen) atoms. The molecule has 0 bridgehead atoms. The van der Waals surface area contributed by atoms with Crippen LogP contribution in [0.3, 0.4) is 0 Å². The number of H-pyrrole nitrogens is 1. The smallest absolute Gasteiger partial charge is 0.240 e. The minimum absolute atomic E-state index is 0.151. The van der Waals surface area contributed by atoms with Gasteiger partial charge in [0.05, 0.1) is 22.8 Å². The Morgan fingerprint density at radius 2 is 2.22 bits per heavy atom. The molecule has 0 atom stereocenters. The van der Waals surface area contributed by atoms with E-state index in [2.05, 4.69) is 30.6 Å². The number of nitrogens with zero attached hydrogens (tertiary/aromatic N) is 1. The number of aromatic nitrogens is 2. The molecule has 1 aromatic heterocycles. The molecular weight excluding hydrogens is 342 g/mol. The van der Waals surface area contributed by atoms with Crippen molar-refractivity contribution in [2.75, 3.05) is 0 Å². The van der Waals surface area contributed by atoms with E-state index < -0.39 is 10.0 Å². The van der Waals surface area contributed by atoms with E-state index in [9.17, 15) is 8.42 Å². The first-order valence-corrected chi connectivity index (χ1v) is 7.56. The van der Waals surface area contributed by atoms with Crippen molar-refractivity contribution in [1.29, 1.82) is 0 Å². The standard InChI is InChI=1S/C10H9BrClN3O2S/c11-9-3-8(1-2-10(9)12)18(16,17)15-5-7-4-13-6-14-7/h1-4,6,15H,5H2,(H,13,14). The van der Waals surface area contributed by atoms with Gasteiger partial charge in [0.1, 0.15) is 0 Å². The number of sulfonamides is 1. The molecule has 5 nitrogen and oxygen atoms in total. The van der Waals surface area contributed by atoms with Gasteiger partial charge < -0.3 is 4.98 Å². The molecule has 2 aromatic rings. The van der Waals surface area contributed by atoms with Gasteiger partial charge in [0.25, 0.3) is 0 Å². The minimum atomic E-state index is -3.56. The van der Waals surface area contributed by atoms with Crippen molar-refractivity contribution in [3.05, 3.63) is 45.9 Å². The molecule has 2 rings (SSSR count). The summed E-state index contributed by atoms with van der Waals surface area (Å²) in [4.78, 5) is 6.77. The van der Waals surface area contributed by atoms with Crippen LogP contribution in [-0.2, 0) is 16.6 Å².